The first kappa shape index (κ1) is 22.6. The van der Waals surface area contributed by atoms with E-state index >= 15 is 0 Å². The molecule has 10 heteroatoms. The van der Waals surface area contributed by atoms with Gasteiger partial charge in [-0.1, -0.05) is 12.6 Å². The van der Waals surface area contributed by atoms with Crippen LogP contribution >= 0.6 is 0 Å². The number of carbonyl (C=O) groups is 1. The average Bonchev–Trinajstić information content (AvgIpc) is 2.74. The zero-order valence-electron chi connectivity index (χ0n) is 17.2. The van der Waals surface area contributed by atoms with Gasteiger partial charge < -0.3 is 20.7 Å². The molecule has 0 bridgehead atoms. The number of halogens is 3. The molecule has 0 saturated carbocycles. The topological polar surface area (TPSA) is 88.2 Å². The fourth-order valence-electron chi connectivity index (χ4n) is 2.59. The standard InChI is InChI=1S/C22H20F3N5O2/c1-13(2)20(31)28-15-9-7-14(8-10-15)27-19-18(22(23,24)25)12-26-21(30-19)29-16-5-4-6-17(11-16)32-3/h4-12H,1H2,2-3H3,(H,28,31)(H2,26,27,29,30). The molecule has 0 aliphatic rings. The van der Waals surface area contributed by atoms with E-state index in [2.05, 4.69) is 32.5 Å². The lowest BCUT2D eigenvalue weighted by atomic mass is 10.2. The minimum atomic E-state index is -4.66. The fourth-order valence-corrected chi connectivity index (χ4v) is 2.59. The molecule has 0 aliphatic heterocycles. The summed E-state index contributed by atoms with van der Waals surface area (Å²) < 4.78 is 45.6. The molecule has 1 heterocycles. The molecule has 0 atom stereocenters. The van der Waals surface area contributed by atoms with Crippen LogP contribution in [0.4, 0.5) is 42.0 Å². The number of anilines is 5. The number of amides is 1. The van der Waals surface area contributed by atoms with Gasteiger partial charge in [0.1, 0.15) is 17.1 Å². The number of nitrogens with zero attached hydrogens (tertiary/aromatic N) is 2. The van der Waals surface area contributed by atoms with Crippen LogP contribution in [-0.2, 0) is 11.0 Å². The van der Waals surface area contributed by atoms with Crippen molar-refractivity contribution in [3.05, 3.63) is 72.4 Å². The Balaban J connectivity index is 1.85. The van der Waals surface area contributed by atoms with Crippen LogP contribution in [-0.4, -0.2) is 23.0 Å². The van der Waals surface area contributed by atoms with Gasteiger partial charge in [-0.05, 0) is 43.3 Å². The van der Waals surface area contributed by atoms with E-state index in [0.29, 0.717) is 34.6 Å². The van der Waals surface area contributed by atoms with E-state index in [1.165, 1.54) is 19.2 Å². The first-order valence-corrected chi connectivity index (χ1v) is 9.35. The zero-order valence-corrected chi connectivity index (χ0v) is 17.2. The number of carbonyl (C=O) groups excluding carboxylic acids is 1. The number of benzene rings is 2. The van der Waals surface area contributed by atoms with E-state index < -0.39 is 17.6 Å². The van der Waals surface area contributed by atoms with Crippen LogP contribution in [0.25, 0.3) is 0 Å². The van der Waals surface area contributed by atoms with Crippen LogP contribution in [0.5, 0.6) is 5.75 Å². The third kappa shape index (κ3) is 5.75. The van der Waals surface area contributed by atoms with Crippen molar-refractivity contribution in [2.45, 2.75) is 13.1 Å². The highest BCUT2D eigenvalue weighted by Gasteiger charge is 2.35. The number of methoxy groups -OCH3 is 1. The zero-order chi connectivity index (χ0) is 23.3. The van der Waals surface area contributed by atoms with Gasteiger partial charge >= 0.3 is 6.18 Å². The van der Waals surface area contributed by atoms with E-state index in [-0.39, 0.29) is 11.9 Å². The Labute approximate surface area is 182 Å². The molecule has 166 valence electrons. The molecule has 0 aliphatic carbocycles. The van der Waals surface area contributed by atoms with Crippen molar-refractivity contribution in [3.8, 4) is 5.75 Å². The molecule has 0 fully saturated rings. The first-order valence-electron chi connectivity index (χ1n) is 9.35. The van der Waals surface area contributed by atoms with Gasteiger partial charge in [0, 0.05) is 34.9 Å². The molecule has 0 spiro atoms. The number of hydrogen-bond acceptors (Lipinski definition) is 6. The highest BCUT2D eigenvalue weighted by molar-refractivity contribution is 6.02. The summed E-state index contributed by atoms with van der Waals surface area (Å²) in [6, 6.07) is 12.9. The van der Waals surface area contributed by atoms with Crippen LogP contribution in [0.2, 0.25) is 0 Å². The summed E-state index contributed by atoms with van der Waals surface area (Å²) in [4.78, 5) is 19.5. The van der Waals surface area contributed by atoms with Crippen LogP contribution in [0.1, 0.15) is 12.5 Å². The lowest BCUT2D eigenvalue weighted by molar-refractivity contribution is -0.137. The molecule has 1 aromatic heterocycles. The van der Waals surface area contributed by atoms with Gasteiger partial charge in [-0.25, -0.2) is 4.98 Å². The Morgan fingerprint density at radius 3 is 2.34 bits per heavy atom. The quantitative estimate of drug-likeness (QED) is 0.418. The summed E-state index contributed by atoms with van der Waals surface area (Å²) in [5, 5.41) is 8.15. The van der Waals surface area contributed by atoms with Crippen molar-refractivity contribution in [2.75, 3.05) is 23.1 Å². The van der Waals surface area contributed by atoms with Gasteiger partial charge in [0.05, 0.1) is 7.11 Å². The Hall–Kier alpha value is -4.08. The second-order valence-corrected chi connectivity index (χ2v) is 6.75. The van der Waals surface area contributed by atoms with E-state index in [9.17, 15) is 18.0 Å². The Kier molecular flexibility index (Phi) is 6.62. The summed E-state index contributed by atoms with van der Waals surface area (Å²) in [6.07, 6.45) is -3.95. The molecule has 3 aromatic rings. The molecule has 0 unspecified atom stereocenters. The third-order valence-corrected chi connectivity index (χ3v) is 4.21. The number of nitrogens with one attached hydrogen (secondary N) is 3. The van der Waals surface area contributed by atoms with Crippen LogP contribution in [0.15, 0.2) is 66.9 Å². The van der Waals surface area contributed by atoms with Crippen molar-refractivity contribution >= 4 is 34.7 Å². The van der Waals surface area contributed by atoms with Gasteiger partial charge in [-0.3, -0.25) is 4.79 Å². The Bertz CT molecular complexity index is 1130. The minimum absolute atomic E-state index is 0.0286. The molecular weight excluding hydrogens is 423 g/mol. The van der Waals surface area contributed by atoms with Crippen molar-refractivity contribution < 1.29 is 22.7 Å². The highest BCUT2D eigenvalue weighted by atomic mass is 19.4. The summed E-state index contributed by atoms with van der Waals surface area (Å²) in [7, 11) is 1.50. The number of alkyl halides is 3. The van der Waals surface area contributed by atoms with Crippen molar-refractivity contribution in [2.24, 2.45) is 0 Å². The second-order valence-electron chi connectivity index (χ2n) is 6.75. The predicted octanol–water partition coefficient (Wildman–Crippen LogP) is 5.51. The number of hydrogen-bond donors (Lipinski definition) is 3. The minimum Gasteiger partial charge on any atom is -0.497 e. The second kappa shape index (κ2) is 9.38. The largest absolute Gasteiger partial charge is 0.497 e. The molecule has 0 radical (unpaired) electrons. The summed E-state index contributed by atoms with van der Waals surface area (Å²) in [6.45, 7) is 5.11. The van der Waals surface area contributed by atoms with Crippen molar-refractivity contribution in [3.63, 3.8) is 0 Å². The molecule has 3 rings (SSSR count). The maximum atomic E-state index is 13.5. The number of ether oxygens (including phenoxy) is 1. The predicted molar refractivity (Wildman–Crippen MR) is 116 cm³/mol. The number of rotatable bonds is 7. The normalized spacial score (nSPS) is 10.9. The van der Waals surface area contributed by atoms with Crippen LogP contribution in [0, 0.1) is 0 Å². The summed E-state index contributed by atoms with van der Waals surface area (Å²) in [5.74, 6) is -0.232. The van der Waals surface area contributed by atoms with E-state index in [0.717, 1.165) is 0 Å². The average molecular weight is 443 g/mol. The molecule has 3 N–H and O–H groups in total. The van der Waals surface area contributed by atoms with Gasteiger partial charge in [0.25, 0.3) is 5.91 Å². The summed E-state index contributed by atoms with van der Waals surface area (Å²) >= 11 is 0. The molecular formula is C22H20F3N5O2. The van der Waals surface area contributed by atoms with Crippen LogP contribution in [0.3, 0.4) is 0 Å². The maximum absolute atomic E-state index is 13.5. The molecule has 1 amide bonds. The smallest absolute Gasteiger partial charge is 0.421 e. The van der Waals surface area contributed by atoms with E-state index in [1.807, 2.05) is 0 Å². The van der Waals surface area contributed by atoms with E-state index in [1.54, 1.807) is 43.3 Å². The monoisotopic (exact) mass is 443 g/mol. The van der Waals surface area contributed by atoms with Crippen LogP contribution < -0.4 is 20.7 Å². The lowest BCUT2D eigenvalue weighted by Crippen LogP contribution is -2.13. The fraction of sp³-hybridized carbons (Fsp3) is 0.136. The molecule has 32 heavy (non-hydrogen) atoms. The highest BCUT2D eigenvalue weighted by Crippen LogP contribution is 2.35. The third-order valence-electron chi connectivity index (χ3n) is 4.21. The molecule has 0 saturated heterocycles. The Morgan fingerprint density at radius 1 is 1.03 bits per heavy atom. The van der Waals surface area contributed by atoms with Crippen molar-refractivity contribution in [1.82, 2.24) is 9.97 Å². The molecule has 2 aromatic carbocycles. The maximum Gasteiger partial charge on any atom is 0.421 e. The Morgan fingerprint density at radius 2 is 1.72 bits per heavy atom. The number of aromatic nitrogens is 2. The lowest BCUT2D eigenvalue weighted by Gasteiger charge is -2.15. The van der Waals surface area contributed by atoms with Crippen molar-refractivity contribution in [1.29, 1.82) is 0 Å². The SMILES string of the molecule is C=C(C)C(=O)Nc1ccc(Nc2nc(Nc3cccc(OC)c3)ncc2C(F)(F)F)cc1. The van der Waals surface area contributed by atoms with E-state index in [4.69, 9.17) is 4.74 Å². The summed E-state index contributed by atoms with van der Waals surface area (Å²) in [5.41, 5.74) is 0.678. The van der Waals surface area contributed by atoms with Gasteiger partial charge in [-0.2, -0.15) is 18.2 Å². The first-order chi connectivity index (χ1) is 15.2. The van der Waals surface area contributed by atoms with Gasteiger partial charge in [0.15, 0.2) is 0 Å². The van der Waals surface area contributed by atoms with Gasteiger partial charge in [0.2, 0.25) is 5.95 Å². The van der Waals surface area contributed by atoms with Gasteiger partial charge in [-0.15, -0.1) is 0 Å². The molecule has 7 nitrogen and oxygen atoms in total.